The van der Waals surface area contributed by atoms with Crippen molar-refractivity contribution in [1.29, 1.82) is 0 Å². The van der Waals surface area contributed by atoms with E-state index in [2.05, 4.69) is 34.6 Å². The van der Waals surface area contributed by atoms with Gasteiger partial charge in [0.1, 0.15) is 0 Å². The van der Waals surface area contributed by atoms with Crippen LogP contribution >= 0.6 is 0 Å². The molecule has 0 bridgehead atoms. The molecule has 0 aliphatic carbocycles. The summed E-state index contributed by atoms with van der Waals surface area (Å²) in [5, 5.41) is 0.148. The van der Waals surface area contributed by atoms with Gasteiger partial charge in [0.2, 0.25) is 0 Å². The second kappa shape index (κ2) is 14.3. The van der Waals surface area contributed by atoms with E-state index in [-0.39, 0.29) is 5.04 Å². The lowest BCUT2D eigenvalue weighted by Gasteiger charge is -2.39. The van der Waals surface area contributed by atoms with Crippen molar-refractivity contribution in [3.8, 4) is 0 Å². The maximum atomic E-state index is 6.16. The van der Waals surface area contributed by atoms with Gasteiger partial charge in [0, 0.05) is 18.8 Å². The molecular formula is C21H46O2Si. The third-order valence-corrected chi connectivity index (χ3v) is 9.92. The van der Waals surface area contributed by atoms with Gasteiger partial charge in [0.15, 0.2) is 0 Å². The first-order valence-electron chi connectivity index (χ1n) is 10.6. The zero-order chi connectivity index (χ0) is 18.3. The Kier molecular flexibility index (Phi) is 14.4. The van der Waals surface area contributed by atoms with Crippen LogP contribution in [0.2, 0.25) is 11.1 Å². The fraction of sp³-hybridized carbons (Fsp3) is 1.00. The van der Waals surface area contributed by atoms with Crippen LogP contribution in [0.25, 0.3) is 0 Å². The van der Waals surface area contributed by atoms with E-state index in [4.69, 9.17) is 8.85 Å². The fourth-order valence-corrected chi connectivity index (χ4v) is 7.01. The third kappa shape index (κ3) is 10.2. The van der Waals surface area contributed by atoms with E-state index in [9.17, 15) is 0 Å². The molecule has 0 N–H and O–H groups in total. The summed E-state index contributed by atoms with van der Waals surface area (Å²) in [4.78, 5) is 0. The molecule has 0 fully saturated rings. The molecule has 0 aliphatic rings. The van der Waals surface area contributed by atoms with Gasteiger partial charge in [-0.05, 0) is 13.0 Å². The van der Waals surface area contributed by atoms with E-state index in [1.165, 1.54) is 77.0 Å². The highest BCUT2D eigenvalue weighted by Gasteiger charge is 2.47. The van der Waals surface area contributed by atoms with Crippen molar-refractivity contribution < 1.29 is 8.85 Å². The lowest BCUT2D eigenvalue weighted by Crippen LogP contribution is -2.49. The smallest absolute Gasteiger partial charge is 0.343 e. The van der Waals surface area contributed by atoms with Crippen molar-refractivity contribution >= 4 is 8.56 Å². The van der Waals surface area contributed by atoms with E-state index in [0.717, 1.165) is 12.7 Å². The molecule has 0 spiro atoms. The van der Waals surface area contributed by atoms with Gasteiger partial charge in [0.25, 0.3) is 0 Å². The van der Waals surface area contributed by atoms with Crippen LogP contribution in [0, 0.1) is 0 Å². The molecule has 146 valence electrons. The van der Waals surface area contributed by atoms with E-state index in [1.807, 2.05) is 7.11 Å². The van der Waals surface area contributed by atoms with Crippen LogP contribution in [0.4, 0.5) is 0 Å². The average Bonchev–Trinajstić information content (AvgIpc) is 2.53. The molecule has 0 amide bonds. The zero-order valence-electron chi connectivity index (χ0n) is 17.7. The molecular weight excluding hydrogens is 312 g/mol. The van der Waals surface area contributed by atoms with E-state index < -0.39 is 8.56 Å². The van der Waals surface area contributed by atoms with Gasteiger partial charge < -0.3 is 8.85 Å². The minimum atomic E-state index is -2.07. The molecule has 1 unspecified atom stereocenters. The number of unbranched alkanes of at least 4 members (excludes halogenated alkanes) is 11. The molecule has 0 rings (SSSR count). The van der Waals surface area contributed by atoms with Crippen LogP contribution in [0.3, 0.4) is 0 Å². The molecule has 0 aromatic heterocycles. The Hall–Kier alpha value is 0.137. The highest BCUT2D eigenvalue weighted by molar-refractivity contribution is 6.70. The molecule has 0 aromatic rings. The van der Waals surface area contributed by atoms with Crippen LogP contribution in [0.1, 0.15) is 112 Å². The predicted octanol–water partition coefficient (Wildman–Crippen LogP) is 7.61. The molecule has 0 saturated heterocycles. The maximum Gasteiger partial charge on any atom is 0.343 e. The van der Waals surface area contributed by atoms with Crippen LogP contribution in [0.15, 0.2) is 0 Å². The van der Waals surface area contributed by atoms with Crippen molar-refractivity contribution in [2.24, 2.45) is 0 Å². The molecule has 0 saturated carbocycles. The summed E-state index contributed by atoms with van der Waals surface area (Å²) in [6.07, 6.45) is 16.8. The van der Waals surface area contributed by atoms with Crippen molar-refractivity contribution in [2.45, 2.75) is 123 Å². The molecule has 24 heavy (non-hydrogen) atoms. The Morgan fingerprint density at radius 1 is 0.667 bits per heavy atom. The lowest BCUT2D eigenvalue weighted by atomic mass is 10.1. The standard InChI is InChI=1S/C21H46O2Si/c1-7-9-10-11-12-13-14-15-16-17-18-19-20-24(22-6,23-8-2)21(3,4)5/h7-20H2,1-6H3. The summed E-state index contributed by atoms with van der Waals surface area (Å²) >= 11 is 0. The first-order valence-corrected chi connectivity index (χ1v) is 12.6. The first-order chi connectivity index (χ1) is 11.4. The number of hydrogen-bond acceptors (Lipinski definition) is 2. The minimum Gasteiger partial charge on any atom is -0.397 e. The van der Waals surface area contributed by atoms with E-state index in [0.29, 0.717) is 0 Å². The van der Waals surface area contributed by atoms with Gasteiger partial charge >= 0.3 is 8.56 Å². The topological polar surface area (TPSA) is 18.5 Å². The van der Waals surface area contributed by atoms with Crippen molar-refractivity contribution in [3.63, 3.8) is 0 Å². The Morgan fingerprint density at radius 2 is 1.08 bits per heavy atom. The van der Waals surface area contributed by atoms with Crippen molar-refractivity contribution in [3.05, 3.63) is 0 Å². The van der Waals surface area contributed by atoms with Crippen LogP contribution in [-0.4, -0.2) is 22.3 Å². The predicted molar refractivity (Wildman–Crippen MR) is 110 cm³/mol. The number of hydrogen-bond donors (Lipinski definition) is 0. The molecule has 0 heterocycles. The highest BCUT2D eigenvalue weighted by atomic mass is 28.4. The van der Waals surface area contributed by atoms with Crippen LogP contribution < -0.4 is 0 Å². The summed E-state index contributed by atoms with van der Waals surface area (Å²) in [5.41, 5.74) is 0. The second-order valence-corrected chi connectivity index (χ2v) is 12.5. The SMILES string of the molecule is CCCCCCCCCCCCCC[Si](OC)(OCC)C(C)(C)C. The van der Waals surface area contributed by atoms with Gasteiger partial charge in [-0.15, -0.1) is 0 Å². The summed E-state index contributed by atoms with van der Waals surface area (Å²) < 4.78 is 12.1. The maximum absolute atomic E-state index is 6.16. The Bertz CT molecular complexity index is 276. The summed E-state index contributed by atoms with van der Waals surface area (Å²) in [6, 6.07) is 1.14. The van der Waals surface area contributed by atoms with Gasteiger partial charge in [-0.3, -0.25) is 0 Å². The summed E-state index contributed by atoms with van der Waals surface area (Å²) in [5.74, 6) is 0. The minimum absolute atomic E-state index is 0.148. The van der Waals surface area contributed by atoms with E-state index >= 15 is 0 Å². The molecule has 0 radical (unpaired) electrons. The van der Waals surface area contributed by atoms with Crippen LogP contribution in [0.5, 0.6) is 0 Å². The third-order valence-electron chi connectivity index (χ3n) is 5.21. The Balaban J connectivity index is 3.69. The molecule has 3 heteroatoms. The highest BCUT2D eigenvalue weighted by Crippen LogP contribution is 2.41. The van der Waals surface area contributed by atoms with Gasteiger partial charge in [-0.1, -0.05) is 105 Å². The van der Waals surface area contributed by atoms with Gasteiger partial charge in [0.05, 0.1) is 0 Å². The zero-order valence-corrected chi connectivity index (χ0v) is 18.7. The number of rotatable bonds is 16. The Labute approximate surface area is 154 Å². The van der Waals surface area contributed by atoms with Gasteiger partial charge in [-0.2, -0.15) is 0 Å². The Morgan fingerprint density at radius 3 is 1.42 bits per heavy atom. The summed E-state index contributed by atoms with van der Waals surface area (Å²) in [6.45, 7) is 12.0. The molecule has 1 atom stereocenters. The van der Waals surface area contributed by atoms with Gasteiger partial charge in [-0.25, -0.2) is 0 Å². The molecule has 0 aromatic carbocycles. The van der Waals surface area contributed by atoms with Crippen LogP contribution in [-0.2, 0) is 8.85 Å². The second-order valence-electron chi connectivity index (χ2n) is 8.28. The van der Waals surface area contributed by atoms with Crippen molar-refractivity contribution in [1.82, 2.24) is 0 Å². The molecule has 2 nitrogen and oxygen atoms in total. The monoisotopic (exact) mass is 358 g/mol. The van der Waals surface area contributed by atoms with Crippen molar-refractivity contribution in [2.75, 3.05) is 13.7 Å². The lowest BCUT2D eigenvalue weighted by molar-refractivity contribution is 0.183. The first kappa shape index (κ1) is 24.1. The van der Waals surface area contributed by atoms with E-state index in [1.54, 1.807) is 0 Å². The quantitative estimate of drug-likeness (QED) is 0.209. The normalized spacial score (nSPS) is 14.8. The largest absolute Gasteiger partial charge is 0.397 e. The fourth-order valence-electron chi connectivity index (χ4n) is 3.56. The summed E-state index contributed by atoms with van der Waals surface area (Å²) in [7, 11) is -0.214. The average molecular weight is 359 g/mol. The molecule has 0 aliphatic heterocycles.